The molecule has 0 bridgehead atoms. The molecule has 10 nitrogen and oxygen atoms in total. The van der Waals surface area contributed by atoms with E-state index in [9.17, 15) is 19.5 Å². The number of aromatic hydroxyl groups is 1. The summed E-state index contributed by atoms with van der Waals surface area (Å²) >= 11 is 0. The predicted octanol–water partition coefficient (Wildman–Crippen LogP) is 5.56. The third-order valence-electron chi connectivity index (χ3n) is 10.7. The van der Waals surface area contributed by atoms with Crippen LogP contribution in [0.2, 0.25) is 0 Å². The molecule has 52 heavy (non-hydrogen) atoms. The van der Waals surface area contributed by atoms with Gasteiger partial charge in [0.25, 0.3) is 5.91 Å². The minimum absolute atomic E-state index is 0.209. The Kier molecular flexibility index (Phi) is 11.1. The van der Waals surface area contributed by atoms with Crippen LogP contribution in [0.5, 0.6) is 11.5 Å². The molecular weight excluding hydrogens is 654 g/mol. The zero-order valence-corrected chi connectivity index (χ0v) is 29.5. The van der Waals surface area contributed by atoms with E-state index in [2.05, 4.69) is 86.1 Å². The van der Waals surface area contributed by atoms with Crippen LogP contribution in [-0.4, -0.2) is 78.1 Å². The molecule has 2 aliphatic heterocycles. The lowest BCUT2D eigenvalue weighted by Gasteiger charge is -2.36. The Morgan fingerprint density at radius 3 is 2.42 bits per heavy atom. The summed E-state index contributed by atoms with van der Waals surface area (Å²) in [6.45, 7) is 5.48. The monoisotopic (exact) mass is 701 g/mol. The standard InChI is InChI=1S/C42H47N5O5/c48-33-13-17-36-31(27-33)11-16-35(29-7-3-1-4-8-29)40(36)30-9-14-34(15-10-30)52-26-6-2-5-21-46-22-24-47(25-23-46)32-12-18-37(43-28-32)41(50)44-38-19-20-39(49)45-42(38)51/h1,3-4,7-10,12-15,17-18,27-28,35,38,40,48H,2,5-6,11,16,19-26H2,(H,44,50)(H,45,49,51)/t35-,38?,40+/m1/s1. The van der Waals surface area contributed by atoms with Crippen LogP contribution < -0.4 is 20.3 Å². The smallest absolute Gasteiger partial charge is 0.270 e. The van der Waals surface area contributed by atoms with Crippen molar-refractivity contribution in [2.24, 2.45) is 0 Å². The van der Waals surface area contributed by atoms with Gasteiger partial charge in [0.2, 0.25) is 11.8 Å². The number of piperazine rings is 1. The fourth-order valence-electron chi connectivity index (χ4n) is 7.85. The quantitative estimate of drug-likeness (QED) is 0.130. The Morgan fingerprint density at radius 1 is 0.865 bits per heavy atom. The number of aromatic nitrogens is 1. The molecule has 3 aromatic carbocycles. The molecule has 3 atom stereocenters. The summed E-state index contributed by atoms with van der Waals surface area (Å²) in [6, 6.07) is 28.1. The molecule has 3 N–H and O–H groups in total. The fourth-order valence-corrected chi connectivity index (χ4v) is 7.85. The number of phenolic OH excluding ortho intramolecular Hbond substituents is 1. The van der Waals surface area contributed by atoms with E-state index >= 15 is 0 Å². The maximum absolute atomic E-state index is 12.6. The number of hydrogen-bond acceptors (Lipinski definition) is 8. The number of hydrogen-bond donors (Lipinski definition) is 3. The molecule has 7 rings (SSSR count). The summed E-state index contributed by atoms with van der Waals surface area (Å²) in [4.78, 5) is 45.0. The van der Waals surface area contributed by atoms with E-state index in [4.69, 9.17) is 4.74 Å². The number of amides is 3. The Labute approximate surface area is 305 Å². The predicted molar refractivity (Wildman–Crippen MR) is 200 cm³/mol. The first-order valence-corrected chi connectivity index (χ1v) is 18.6. The van der Waals surface area contributed by atoms with Gasteiger partial charge in [-0.25, -0.2) is 4.98 Å². The lowest BCUT2D eigenvalue weighted by molar-refractivity contribution is -0.134. The van der Waals surface area contributed by atoms with E-state index in [1.807, 2.05) is 18.2 Å². The van der Waals surface area contributed by atoms with E-state index < -0.39 is 17.9 Å². The van der Waals surface area contributed by atoms with Gasteiger partial charge in [0.1, 0.15) is 23.2 Å². The normalized spacial score (nSPS) is 20.5. The molecular formula is C42H47N5O5. The van der Waals surface area contributed by atoms with Crippen molar-refractivity contribution in [3.05, 3.63) is 119 Å². The average Bonchev–Trinajstić information content (AvgIpc) is 3.17. The maximum atomic E-state index is 12.6. The van der Waals surface area contributed by atoms with Crippen molar-refractivity contribution >= 4 is 23.4 Å². The average molecular weight is 702 g/mol. The van der Waals surface area contributed by atoms with E-state index in [0.29, 0.717) is 24.7 Å². The highest BCUT2D eigenvalue weighted by atomic mass is 16.5. The molecule has 0 radical (unpaired) electrons. The van der Waals surface area contributed by atoms with E-state index in [1.54, 1.807) is 12.3 Å². The number of ether oxygens (including phenoxy) is 1. The molecule has 270 valence electrons. The van der Waals surface area contributed by atoms with Gasteiger partial charge in [-0.15, -0.1) is 0 Å². The SMILES string of the molecule is O=C1CCC(NC(=O)c2ccc(N3CCN(CCCCCOc4ccc([C@@H]5c6ccc(O)cc6CC[C@@H]5c5ccccc5)cc4)CC3)cn2)C(=O)N1. The number of unbranched alkanes of at least 4 members (excludes halogenated alkanes) is 2. The summed E-state index contributed by atoms with van der Waals surface area (Å²) in [5, 5.41) is 15.1. The second-order valence-electron chi connectivity index (χ2n) is 14.1. The summed E-state index contributed by atoms with van der Waals surface area (Å²) in [7, 11) is 0. The van der Waals surface area contributed by atoms with Crippen molar-refractivity contribution in [1.29, 1.82) is 0 Å². The summed E-state index contributed by atoms with van der Waals surface area (Å²) in [5.41, 5.74) is 6.39. The van der Waals surface area contributed by atoms with Crippen LogP contribution in [0.1, 0.15) is 83.1 Å². The van der Waals surface area contributed by atoms with Gasteiger partial charge in [-0.1, -0.05) is 48.5 Å². The maximum Gasteiger partial charge on any atom is 0.270 e. The lowest BCUT2D eigenvalue weighted by Crippen LogP contribution is -2.52. The van der Waals surface area contributed by atoms with Crippen LogP contribution in [0.25, 0.3) is 0 Å². The number of benzene rings is 3. The Bertz CT molecular complexity index is 1840. The van der Waals surface area contributed by atoms with Crippen LogP contribution in [0.4, 0.5) is 5.69 Å². The van der Waals surface area contributed by atoms with Crippen LogP contribution >= 0.6 is 0 Å². The molecule has 2 fully saturated rings. The minimum Gasteiger partial charge on any atom is -0.508 e. The molecule has 0 saturated carbocycles. The first-order valence-electron chi connectivity index (χ1n) is 18.6. The number of aryl methyl sites for hydroxylation is 1. The van der Waals surface area contributed by atoms with Gasteiger partial charge in [-0.3, -0.25) is 24.6 Å². The van der Waals surface area contributed by atoms with Crippen molar-refractivity contribution in [2.75, 3.05) is 44.2 Å². The second kappa shape index (κ2) is 16.4. The molecule has 0 spiro atoms. The fraction of sp³-hybridized carbons (Fsp3) is 0.381. The number of anilines is 1. The molecule has 2 saturated heterocycles. The number of phenols is 1. The number of nitrogens with zero attached hydrogens (tertiary/aromatic N) is 3. The molecule has 4 aromatic rings. The van der Waals surface area contributed by atoms with Gasteiger partial charge in [0.15, 0.2) is 0 Å². The highest BCUT2D eigenvalue weighted by molar-refractivity contribution is 6.03. The van der Waals surface area contributed by atoms with Crippen LogP contribution in [0.15, 0.2) is 91.1 Å². The highest BCUT2D eigenvalue weighted by Crippen LogP contribution is 2.47. The van der Waals surface area contributed by atoms with Crippen molar-refractivity contribution in [3.63, 3.8) is 0 Å². The van der Waals surface area contributed by atoms with E-state index in [0.717, 1.165) is 76.3 Å². The zero-order chi connectivity index (χ0) is 35.9. The van der Waals surface area contributed by atoms with Gasteiger partial charge >= 0.3 is 0 Å². The number of imide groups is 1. The molecule has 3 heterocycles. The topological polar surface area (TPSA) is 124 Å². The number of fused-ring (bicyclic) bond motifs is 1. The molecule has 1 aromatic heterocycles. The third kappa shape index (κ3) is 8.45. The van der Waals surface area contributed by atoms with Gasteiger partial charge in [0.05, 0.1) is 18.5 Å². The van der Waals surface area contributed by atoms with Crippen molar-refractivity contribution in [1.82, 2.24) is 20.5 Å². The van der Waals surface area contributed by atoms with Gasteiger partial charge < -0.3 is 20.1 Å². The number of pyridine rings is 1. The number of carbonyl (C=O) groups excluding carboxylic acids is 3. The van der Waals surface area contributed by atoms with Crippen molar-refractivity contribution in [3.8, 4) is 11.5 Å². The second-order valence-corrected chi connectivity index (χ2v) is 14.1. The molecule has 1 aliphatic carbocycles. The van der Waals surface area contributed by atoms with E-state index in [1.165, 1.54) is 22.3 Å². The van der Waals surface area contributed by atoms with Crippen molar-refractivity contribution < 1.29 is 24.2 Å². The lowest BCUT2D eigenvalue weighted by atomic mass is 9.69. The van der Waals surface area contributed by atoms with E-state index in [-0.39, 0.29) is 23.9 Å². The number of piperidine rings is 1. The van der Waals surface area contributed by atoms with Gasteiger partial charge in [0, 0.05) is 38.5 Å². The van der Waals surface area contributed by atoms with Crippen LogP contribution in [0, 0.1) is 0 Å². The molecule has 10 heteroatoms. The largest absolute Gasteiger partial charge is 0.508 e. The number of carbonyl (C=O) groups is 3. The Morgan fingerprint density at radius 2 is 1.67 bits per heavy atom. The Balaban J connectivity index is 0.819. The molecule has 1 unspecified atom stereocenters. The van der Waals surface area contributed by atoms with Crippen molar-refractivity contribution in [2.45, 2.75) is 62.8 Å². The Hall–Kier alpha value is -5.22. The first-order chi connectivity index (χ1) is 25.4. The van der Waals surface area contributed by atoms with Crippen LogP contribution in [-0.2, 0) is 16.0 Å². The molecule has 3 amide bonds. The molecule has 3 aliphatic rings. The van der Waals surface area contributed by atoms with Crippen LogP contribution in [0.3, 0.4) is 0 Å². The van der Waals surface area contributed by atoms with Gasteiger partial charge in [-0.05, 0) is 110 Å². The highest BCUT2D eigenvalue weighted by Gasteiger charge is 2.32. The third-order valence-corrected chi connectivity index (χ3v) is 10.7. The minimum atomic E-state index is -0.719. The number of rotatable bonds is 12. The van der Waals surface area contributed by atoms with Gasteiger partial charge in [-0.2, -0.15) is 0 Å². The number of nitrogens with one attached hydrogen (secondary N) is 2. The summed E-state index contributed by atoms with van der Waals surface area (Å²) < 4.78 is 6.16. The summed E-state index contributed by atoms with van der Waals surface area (Å²) in [6.07, 6.45) is 7.46. The zero-order valence-electron chi connectivity index (χ0n) is 29.5. The summed E-state index contributed by atoms with van der Waals surface area (Å²) in [5.74, 6) is 0.629. The first kappa shape index (κ1) is 35.2.